The fraction of sp³-hybridized carbons (Fsp3) is 0.625. The van der Waals surface area contributed by atoms with Crippen LogP contribution in [0.4, 0.5) is 34.1 Å². The molecule has 6 rings (SSSR count). The van der Waals surface area contributed by atoms with Crippen LogP contribution >= 0.6 is 0 Å². The van der Waals surface area contributed by atoms with E-state index in [1.165, 1.54) is 66.8 Å². The topological polar surface area (TPSA) is 262 Å². The standard InChI is InChI=1S/6C16H31NO2Si2/c6*1-12(2)14-10-9-11-15(13(3)4)16(14)17(20(5,6)7)21(8,18)19/h6*9-13,18-19H,1-8H3. The van der Waals surface area contributed by atoms with Crippen LogP contribution in [0.3, 0.4) is 0 Å². The number of hydrogen-bond donors (Lipinski definition) is 12. The van der Waals surface area contributed by atoms with E-state index in [1.54, 1.807) is 39.3 Å². The maximum Gasteiger partial charge on any atom is 0.442 e. The molecule has 720 valence electrons. The van der Waals surface area contributed by atoms with Crippen LogP contribution in [0.15, 0.2) is 109 Å². The predicted octanol–water partition coefficient (Wildman–Crippen LogP) is 24.8. The van der Waals surface area contributed by atoms with Gasteiger partial charge in [0, 0.05) is 34.1 Å². The van der Waals surface area contributed by atoms with Crippen molar-refractivity contribution >= 4 is 136 Å². The second-order valence-corrected chi connectivity index (χ2v) is 91.2. The third-order valence-electron chi connectivity index (χ3n) is 22.0. The highest BCUT2D eigenvalue weighted by atomic mass is 28.4. The zero-order chi connectivity index (χ0) is 99.5. The van der Waals surface area contributed by atoms with Crippen LogP contribution in [0.5, 0.6) is 0 Å². The summed E-state index contributed by atoms with van der Waals surface area (Å²) in [6.45, 7) is 101. The van der Waals surface area contributed by atoms with Crippen molar-refractivity contribution in [3.8, 4) is 0 Å². The Morgan fingerprint density at radius 1 is 0.143 bits per heavy atom. The molecule has 6 aromatic carbocycles. The second-order valence-electron chi connectivity index (χ2n) is 45.4. The molecule has 18 nitrogen and oxygen atoms in total. The Morgan fingerprint density at radius 2 is 0.206 bits per heavy atom. The number of para-hydroxylation sites is 6. The van der Waals surface area contributed by atoms with Crippen molar-refractivity contribution < 1.29 is 57.5 Å². The maximum absolute atomic E-state index is 10.5. The molecule has 0 atom stereocenters. The molecule has 0 radical (unpaired) electrons. The number of benzene rings is 6. The third kappa shape index (κ3) is 34.0. The number of rotatable bonds is 30. The van der Waals surface area contributed by atoms with Crippen LogP contribution in [0.2, 0.25) is 157 Å². The molecule has 126 heavy (non-hydrogen) atoms. The lowest BCUT2D eigenvalue weighted by molar-refractivity contribution is 0.371. The van der Waals surface area contributed by atoms with Crippen molar-refractivity contribution in [1.82, 2.24) is 0 Å². The fourth-order valence-electron chi connectivity index (χ4n) is 17.7. The van der Waals surface area contributed by atoms with E-state index in [2.05, 4.69) is 393 Å². The molecule has 6 aromatic rings. The Hall–Kier alpha value is -3.76. The van der Waals surface area contributed by atoms with E-state index in [4.69, 9.17) is 0 Å². The van der Waals surface area contributed by atoms with Gasteiger partial charge >= 0.3 is 52.3 Å². The normalized spacial score (nSPS) is 13.1. The Balaban J connectivity index is 0.000000756. The van der Waals surface area contributed by atoms with Crippen LogP contribution in [0, 0.1) is 0 Å². The zero-order valence-corrected chi connectivity index (χ0v) is 100. The molecule has 0 fully saturated rings. The van der Waals surface area contributed by atoms with Crippen molar-refractivity contribution in [2.75, 3.05) is 25.4 Å². The molecule has 0 heterocycles. The third-order valence-corrected chi connectivity index (χ3v) is 57.5. The molecule has 0 aliphatic rings. The van der Waals surface area contributed by atoms with Crippen LogP contribution < -0.4 is 25.4 Å². The summed E-state index contributed by atoms with van der Waals surface area (Å²) in [5, 5.41) is 0. The van der Waals surface area contributed by atoms with Gasteiger partial charge in [-0.2, -0.15) is 0 Å². The van der Waals surface area contributed by atoms with Crippen molar-refractivity contribution in [2.24, 2.45) is 0 Å². The van der Waals surface area contributed by atoms with Gasteiger partial charge in [0.1, 0.15) is 49.4 Å². The molecule has 0 aliphatic heterocycles. The monoisotopic (exact) mass is 1950 g/mol. The highest BCUT2D eigenvalue weighted by molar-refractivity contribution is 6.98. The largest absolute Gasteiger partial charge is 0.442 e. The van der Waals surface area contributed by atoms with E-state index >= 15 is 0 Å². The van der Waals surface area contributed by atoms with E-state index in [0.717, 1.165) is 34.1 Å². The summed E-state index contributed by atoms with van der Waals surface area (Å²) in [4.78, 5) is 126. The highest BCUT2D eigenvalue weighted by Crippen LogP contribution is 2.47. The van der Waals surface area contributed by atoms with Gasteiger partial charge in [-0.05, 0) is 177 Å². The highest BCUT2D eigenvalue weighted by Gasteiger charge is 2.50. The summed E-state index contributed by atoms with van der Waals surface area (Å²) < 4.78 is 12.0. The lowest BCUT2D eigenvalue weighted by Crippen LogP contribution is -2.64. The van der Waals surface area contributed by atoms with Gasteiger partial charge < -0.3 is 82.9 Å². The van der Waals surface area contributed by atoms with Crippen molar-refractivity contribution in [3.63, 3.8) is 0 Å². The minimum absolute atomic E-state index is 0.355. The van der Waals surface area contributed by atoms with Crippen molar-refractivity contribution in [2.45, 2.75) is 394 Å². The molecule has 0 aliphatic carbocycles. The van der Waals surface area contributed by atoms with Gasteiger partial charge in [0.2, 0.25) is 0 Å². The summed E-state index contributed by atoms with van der Waals surface area (Å²) in [6.07, 6.45) is 0. The summed E-state index contributed by atoms with van der Waals surface area (Å²) in [7, 11) is -32.1. The first-order valence-corrected chi connectivity index (χ1v) is 81.2. The van der Waals surface area contributed by atoms with Crippen molar-refractivity contribution in [3.05, 3.63) is 176 Å². The number of nitrogens with zero attached hydrogens (tertiary/aromatic N) is 6. The van der Waals surface area contributed by atoms with E-state index in [0.29, 0.717) is 71.0 Å². The summed E-state index contributed by atoms with van der Waals surface area (Å²) in [5.41, 5.74) is 21.0. The van der Waals surface area contributed by atoms with Crippen LogP contribution in [-0.2, 0) is 0 Å². The van der Waals surface area contributed by atoms with Crippen LogP contribution in [0.25, 0.3) is 0 Å². The molecule has 30 heteroatoms. The van der Waals surface area contributed by atoms with E-state index < -0.39 is 102 Å². The molecule has 0 bridgehead atoms. The number of hydrogen-bond acceptors (Lipinski definition) is 18. The first kappa shape index (κ1) is 120. The lowest BCUT2D eigenvalue weighted by atomic mass is 9.93. The predicted molar refractivity (Wildman–Crippen MR) is 579 cm³/mol. The van der Waals surface area contributed by atoms with E-state index in [9.17, 15) is 57.5 Å². The van der Waals surface area contributed by atoms with Gasteiger partial charge in [0.15, 0.2) is 0 Å². The van der Waals surface area contributed by atoms with Gasteiger partial charge in [0.25, 0.3) is 0 Å². The average Bonchev–Trinajstić information content (AvgIpc) is 0.793. The Morgan fingerprint density at radius 3 is 0.246 bits per heavy atom. The summed E-state index contributed by atoms with van der Waals surface area (Å²) in [5.74, 6) is 4.27. The lowest BCUT2D eigenvalue weighted by Gasteiger charge is -2.44. The molecule has 0 amide bonds. The van der Waals surface area contributed by atoms with Crippen LogP contribution in [0.1, 0.15) is 304 Å². The van der Waals surface area contributed by atoms with Crippen molar-refractivity contribution in [1.29, 1.82) is 0 Å². The summed E-state index contributed by atoms with van der Waals surface area (Å²) in [6, 6.07) is 38.0. The Labute approximate surface area is 783 Å². The molecule has 0 saturated carbocycles. The van der Waals surface area contributed by atoms with Crippen LogP contribution in [-0.4, -0.2) is 159 Å². The minimum atomic E-state index is -3.42. The molecule has 0 spiro atoms. The molecular formula is C96H186N6O12Si12. The van der Waals surface area contributed by atoms with E-state index in [1.807, 2.05) is 25.4 Å². The first-order chi connectivity index (χ1) is 56.2. The Bertz CT molecular complexity index is 3400. The van der Waals surface area contributed by atoms with Gasteiger partial charge in [-0.3, -0.25) is 0 Å². The Kier molecular flexibility index (Phi) is 44.3. The molecule has 0 unspecified atom stereocenters. The van der Waals surface area contributed by atoms with Gasteiger partial charge in [-0.25, -0.2) is 0 Å². The minimum Gasteiger partial charge on any atom is -0.395 e. The van der Waals surface area contributed by atoms with E-state index in [-0.39, 0.29) is 0 Å². The molecule has 12 N–H and O–H groups in total. The zero-order valence-electron chi connectivity index (χ0n) is 88.4. The second kappa shape index (κ2) is 46.5. The molecule has 0 aromatic heterocycles. The smallest absolute Gasteiger partial charge is 0.395 e. The summed E-state index contributed by atoms with van der Waals surface area (Å²) >= 11 is 0. The fourth-order valence-corrected chi connectivity index (χ4v) is 57.9. The van der Waals surface area contributed by atoms with Gasteiger partial charge in [-0.1, -0.05) is 393 Å². The molecule has 0 saturated heterocycles. The quantitative estimate of drug-likeness (QED) is 0.0187. The number of anilines is 6. The average molecular weight is 1950 g/mol. The van der Waals surface area contributed by atoms with Gasteiger partial charge in [0.05, 0.1) is 0 Å². The molecular weight excluding hydrogens is 1770 g/mol. The van der Waals surface area contributed by atoms with Gasteiger partial charge in [-0.15, -0.1) is 0 Å². The first-order valence-electron chi connectivity index (χ1n) is 46.5. The SMILES string of the molecule is CC(C)c1cccc(C(C)C)c1N([Si](C)(C)C)[Si](C)(O)O.CC(C)c1cccc(C(C)C)c1N([Si](C)(C)C)[Si](C)(O)O.CC(C)c1cccc(C(C)C)c1N([Si](C)(C)C)[Si](C)(O)O.CC(C)c1cccc(C(C)C)c1N([Si](C)(C)C)[Si](C)(O)O.CC(C)c1cccc(C(C)C)c1N([Si](C)(C)C)[Si](C)(O)O.CC(C)c1cccc(C(C)C)c1N([Si](C)(C)C)[Si](C)(O)O. The maximum atomic E-state index is 10.5.